The summed E-state index contributed by atoms with van der Waals surface area (Å²) in [6.45, 7) is 1.07. The van der Waals surface area contributed by atoms with Crippen LogP contribution in [-0.4, -0.2) is 40.5 Å². The van der Waals surface area contributed by atoms with Crippen LogP contribution in [-0.2, 0) is 9.53 Å². The van der Waals surface area contributed by atoms with E-state index in [9.17, 15) is 38.0 Å². The van der Waals surface area contributed by atoms with Crippen molar-refractivity contribution in [2.75, 3.05) is 6.61 Å². The van der Waals surface area contributed by atoms with Crippen molar-refractivity contribution in [3.8, 4) is 0 Å². The molecule has 0 saturated carbocycles. The number of benzene rings is 1. The van der Waals surface area contributed by atoms with E-state index in [1.807, 2.05) is 0 Å². The van der Waals surface area contributed by atoms with Crippen molar-refractivity contribution in [1.29, 1.82) is 0 Å². The minimum Gasteiger partial charge on any atom is -0.466 e. The quantitative estimate of drug-likeness (QED) is 0.413. The van der Waals surface area contributed by atoms with Gasteiger partial charge in [-0.25, -0.2) is 4.79 Å². The number of urea groups is 1. The van der Waals surface area contributed by atoms with E-state index in [-0.39, 0.29) is 12.2 Å². The van der Waals surface area contributed by atoms with Crippen LogP contribution in [0.25, 0.3) is 0 Å². The van der Waals surface area contributed by atoms with Crippen LogP contribution in [0.5, 0.6) is 0 Å². The number of rotatable bonds is 4. The number of aliphatic hydroxyl groups is 1. The van der Waals surface area contributed by atoms with E-state index < -0.39 is 46.5 Å². The average molecular weight is 377 g/mol. The molecule has 1 fully saturated rings. The van der Waals surface area contributed by atoms with Gasteiger partial charge in [0.25, 0.3) is 11.4 Å². The number of amides is 2. The third-order valence-corrected chi connectivity index (χ3v) is 3.79. The fourth-order valence-corrected chi connectivity index (χ4v) is 2.65. The van der Waals surface area contributed by atoms with Gasteiger partial charge in [-0.3, -0.25) is 14.9 Å². The fraction of sp³-hybridized carbons (Fsp3) is 0.429. The molecule has 3 atom stereocenters. The number of halogens is 3. The van der Waals surface area contributed by atoms with Crippen molar-refractivity contribution in [2.45, 2.75) is 24.9 Å². The molecule has 9 nitrogen and oxygen atoms in total. The number of non-ortho nitro benzene ring substituents is 1. The second-order valence-electron chi connectivity index (χ2n) is 5.42. The highest BCUT2D eigenvalue weighted by Crippen LogP contribution is 2.43. The van der Waals surface area contributed by atoms with E-state index in [0.29, 0.717) is 0 Å². The lowest BCUT2D eigenvalue weighted by Gasteiger charge is -2.44. The number of alkyl halides is 3. The van der Waals surface area contributed by atoms with Crippen LogP contribution in [0.4, 0.5) is 23.7 Å². The number of carbonyl (C=O) groups is 2. The third kappa shape index (κ3) is 3.40. The Hall–Kier alpha value is -2.89. The third-order valence-electron chi connectivity index (χ3n) is 3.79. The van der Waals surface area contributed by atoms with Crippen LogP contribution in [0.2, 0.25) is 0 Å². The first-order valence-electron chi connectivity index (χ1n) is 7.30. The molecule has 1 aromatic rings. The summed E-state index contributed by atoms with van der Waals surface area (Å²) in [5.74, 6) is -3.77. The molecule has 1 aliphatic heterocycles. The molecule has 0 spiro atoms. The summed E-state index contributed by atoms with van der Waals surface area (Å²) in [6, 6.07) is 1.24. The zero-order chi connectivity index (χ0) is 19.7. The monoisotopic (exact) mass is 377 g/mol. The molecular formula is C14H14F3N3O6. The number of nitrogens with zero attached hydrogens (tertiary/aromatic N) is 1. The van der Waals surface area contributed by atoms with E-state index in [4.69, 9.17) is 0 Å². The molecule has 2 rings (SSSR count). The van der Waals surface area contributed by atoms with Crippen LogP contribution in [0.15, 0.2) is 24.3 Å². The molecule has 1 aromatic carbocycles. The van der Waals surface area contributed by atoms with Crippen molar-refractivity contribution >= 4 is 17.7 Å². The number of esters is 1. The summed E-state index contributed by atoms with van der Waals surface area (Å²) in [5, 5.41) is 24.4. The van der Waals surface area contributed by atoms with Gasteiger partial charge in [-0.15, -0.1) is 0 Å². The first-order valence-corrected chi connectivity index (χ1v) is 7.30. The summed E-state index contributed by atoms with van der Waals surface area (Å²) in [4.78, 5) is 33.9. The Bertz CT molecular complexity index is 741. The number of nitrogens with one attached hydrogen (secondary N) is 2. The molecule has 12 heteroatoms. The van der Waals surface area contributed by atoms with Crippen molar-refractivity contribution in [3.05, 3.63) is 39.9 Å². The number of hydrogen-bond donors (Lipinski definition) is 3. The first kappa shape index (κ1) is 19.4. The number of hydrogen-bond acceptors (Lipinski definition) is 6. The van der Waals surface area contributed by atoms with Gasteiger partial charge in [0.05, 0.1) is 17.6 Å². The Balaban J connectivity index is 2.60. The lowest BCUT2D eigenvalue weighted by molar-refractivity contribution is -0.385. The molecular weight excluding hydrogens is 363 g/mol. The van der Waals surface area contributed by atoms with Gasteiger partial charge < -0.3 is 20.5 Å². The molecule has 1 saturated heterocycles. The molecule has 2 amide bonds. The standard InChI is InChI=1S/C14H14F3N3O6/c1-2-26-11(21)9-10(7-4-3-5-8(6-7)20(24)25)18-12(22)19-13(9,23)14(15,16)17/h3-6,9-10,23H,2H2,1H3,(H2,18,19,22)/t9-,10-,13+/m0/s1. The minimum atomic E-state index is -5.42. The number of nitro benzene ring substituents is 1. The van der Waals surface area contributed by atoms with Crippen molar-refractivity contribution < 1.29 is 37.5 Å². The summed E-state index contributed by atoms with van der Waals surface area (Å²) < 4.78 is 44.9. The maximum absolute atomic E-state index is 13.4. The van der Waals surface area contributed by atoms with Crippen LogP contribution < -0.4 is 10.6 Å². The van der Waals surface area contributed by atoms with E-state index in [2.05, 4.69) is 10.1 Å². The largest absolute Gasteiger partial charge is 0.466 e. The molecule has 0 aliphatic carbocycles. The van der Waals surface area contributed by atoms with E-state index in [0.717, 1.165) is 12.1 Å². The Kier molecular flexibility index (Phi) is 5.07. The maximum Gasteiger partial charge on any atom is 0.437 e. The molecule has 3 N–H and O–H groups in total. The molecule has 142 valence electrons. The second kappa shape index (κ2) is 6.78. The highest BCUT2D eigenvalue weighted by atomic mass is 19.4. The lowest BCUT2D eigenvalue weighted by Crippen LogP contribution is -2.73. The highest BCUT2D eigenvalue weighted by molar-refractivity contribution is 5.83. The predicted octanol–water partition coefficient (Wildman–Crippen LogP) is 1.38. The summed E-state index contributed by atoms with van der Waals surface area (Å²) in [7, 11) is 0. The van der Waals surface area contributed by atoms with Gasteiger partial charge >= 0.3 is 18.2 Å². The minimum absolute atomic E-state index is 0.172. The molecule has 0 radical (unpaired) electrons. The Morgan fingerprint density at radius 2 is 2.12 bits per heavy atom. The zero-order valence-corrected chi connectivity index (χ0v) is 13.2. The summed E-state index contributed by atoms with van der Waals surface area (Å²) in [6.07, 6.45) is -5.42. The van der Waals surface area contributed by atoms with Gasteiger partial charge in [-0.2, -0.15) is 13.2 Å². The van der Waals surface area contributed by atoms with Gasteiger partial charge in [0.2, 0.25) is 0 Å². The van der Waals surface area contributed by atoms with Crippen LogP contribution in [0, 0.1) is 16.0 Å². The first-order chi connectivity index (χ1) is 12.0. The smallest absolute Gasteiger partial charge is 0.437 e. The molecule has 1 aliphatic rings. The predicted molar refractivity (Wildman–Crippen MR) is 78.6 cm³/mol. The van der Waals surface area contributed by atoms with E-state index >= 15 is 0 Å². The zero-order valence-electron chi connectivity index (χ0n) is 13.2. The van der Waals surface area contributed by atoms with Crippen molar-refractivity contribution in [1.82, 2.24) is 10.6 Å². The van der Waals surface area contributed by atoms with E-state index in [1.165, 1.54) is 24.4 Å². The fourth-order valence-electron chi connectivity index (χ4n) is 2.65. The Labute approximate surface area is 144 Å². The summed E-state index contributed by atoms with van der Waals surface area (Å²) in [5.41, 5.74) is -4.56. The SMILES string of the molecule is CCOC(=O)[C@@H]1[C@H](c2cccc([N+](=O)[O-])c2)NC(=O)N[C@]1(O)C(F)(F)F. The van der Waals surface area contributed by atoms with Crippen LogP contribution >= 0.6 is 0 Å². The normalized spacial score (nSPS) is 25.8. The Morgan fingerprint density at radius 1 is 1.46 bits per heavy atom. The second-order valence-corrected chi connectivity index (χ2v) is 5.42. The van der Waals surface area contributed by atoms with Gasteiger partial charge in [0.15, 0.2) is 0 Å². The lowest BCUT2D eigenvalue weighted by atomic mass is 9.82. The van der Waals surface area contributed by atoms with Crippen molar-refractivity contribution in [3.63, 3.8) is 0 Å². The van der Waals surface area contributed by atoms with Gasteiger partial charge in [0.1, 0.15) is 5.92 Å². The van der Waals surface area contributed by atoms with Crippen LogP contribution in [0.1, 0.15) is 18.5 Å². The van der Waals surface area contributed by atoms with Crippen LogP contribution in [0.3, 0.4) is 0 Å². The van der Waals surface area contributed by atoms with Crippen molar-refractivity contribution in [2.24, 2.45) is 5.92 Å². The molecule has 0 bridgehead atoms. The molecule has 26 heavy (non-hydrogen) atoms. The molecule has 0 unspecified atom stereocenters. The average Bonchev–Trinajstić information content (AvgIpc) is 2.53. The number of nitro groups is 1. The highest BCUT2D eigenvalue weighted by Gasteiger charge is 2.67. The number of carbonyl (C=O) groups excluding carboxylic acids is 2. The van der Waals surface area contributed by atoms with Gasteiger partial charge in [0, 0.05) is 12.1 Å². The molecule has 1 heterocycles. The molecule has 0 aromatic heterocycles. The van der Waals surface area contributed by atoms with Gasteiger partial charge in [-0.1, -0.05) is 12.1 Å². The Morgan fingerprint density at radius 3 is 2.65 bits per heavy atom. The topological polar surface area (TPSA) is 131 Å². The van der Waals surface area contributed by atoms with E-state index in [1.54, 1.807) is 0 Å². The number of ether oxygens (including phenoxy) is 1. The van der Waals surface area contributed by atoms with Gasteiger partial charge in [-0.05, 0) is 12.5 Å². The maximum atomic E-state index is 13.4. The summed E-state index contributed by atoms with van der Waals surface area (Å²) >= 11 is 0.